The number of hydrogen-bond donors (Lipinski definition) is 2. The summed E-state index contributed by atoms with van der Waals surface area (Å²) in [6.45, 7) is 6.27. The Bertz CT molecular complexity index is 236. The molecule has 1 heterocycles. The molecule has 1 aromatic heterocycles. The maximum absolute atomic E-state index is 9.63. The van der Waals surface area contributed by atoms with E-state index in [4.69, 9.17) is 4.42 Å². The molecule has 0 aliphatic rings. The van der Waals surface area contributed by atoms with E-state index in [2.05, 4.69) is 5.32 Å². The highest BCUT2D eigenvalue weighted by Crippen LogP contribution is 2.08. The van der Waals surface area contributed by atoms with Gasteiger partial charge in [-0.2, -0.15) is 0 Å². The summed E-state index contributed by atoms with van der Waals surface area (Å²) in [5, 5.41) is 12.8. The van der Waals surface area contributed by atoms with E-state index < -0.39 is 5.60 Å². The summed E-state index contributed by atoms with van der Waals surface area (Å²) in [6, 6.07) is 1.96. The lowest BCUT2D eigenvalue weighted by Gasteiger charge is -2.26. The van der Waals surface area contributed by atoms with Crippen molar-refractivity contribution in [3.63, 3.8) is 0 Å². The van der Waals surface area contributed by atoms with Crippen molar-refractivity contribution in [1.29, 1.82) is 0 Å². The second-order valence-electron chi connectivity index (χ2n) is 3.89. The maximum Gasteiger partial charge on any atom is 0.0947 e. The molecule has 0 radical (unpaired) electrons. The van der Waals surface area contributed by atoms with Crippen LogP contribution in [-0.4, -0.2) is 16.7 Å². The van der Waals surface area contributed by atoms with Crippen LogP contribution in [0.25, 0.3) is 0 Å². The van der Waals surface area contributed by atoms with Gasteiger partial charge < -0.3 is 14.8 Å². The van der Waals surface area contributed by atoms with E-state index in [0.29, 0.717) is 0 Å². The molecule has 13 heavy (non-hydrogen) atoms. The molecule has 3 nitrogen and oxygen atoms in total. The highest BCUT2D eigenvalue weighted by Gasteiger charge is 2.21. The van der Waals surface area contributed by atoms with Crippen molar-refractivity contribution in [3.05, 3.63) is 24.2 Å². The summed E-state index contributed by atoms with van der Waals surface area (Å²) in [5.74, 6) is 0. The van der Waals surface area contributed by atoms with Crippen LogP contribution >= 0.6 is 0 Å². The van der Waals surface area contributed by atoms with E-state index in [1.165, 1.54) is 0 Å². The van der Waals surface area contributed by atoms with Crippen molar-refractivity contribution in [2.24, 2.45) is 0 Å². The van der Waals surface area contributed by atoms with Gasteiger partial charge in [0.2, 0.25) is 0 Å². The quantitative estimate of drug-likeness (QED) is 0.744. The molecular formula is C10H17NO2. The Morgan fingerprint density at radius 2 is 2.31 bits per heavy atom. The van der Waals surface area contributed by atoms with Crippen molar-refractivity contribution in [1.82, 2.24) is 5.32 Å². The van der Waals surface area contributed by atoms with Crippen LogP contribution in [-0.2, 0) is 6.54 Å². The predicted molar refractivity (Wildman–Crippen MR) is 51.3 cm³/mol. The van der Waals surface area contributed by atoms with Crippen LogP contribution < -0.4 is 5.32 Å². The monoisotopic (exact) mass is 183 g/mol. The zero-order chi connectivity index (χ0) is 9.90. The van der Waals surface area contributed by atoms with Crippen molar-refractivity contribution in [2.75, 3.05) is 0 Å². The van der Waals surface area contributed by atoms with Gasteiger partial charge in [0.05, 0.1) is 18.1 Å². The Labute approximate surface area is 78.8 Å². The minimum atomic E-state index is -0.691. The predicted octanol–water partition coefficient (Wildman–Crippen LogP) is 1.53. The number of hydrogen-bond acceptors (Lipinski definition) is 3. The van der Waals surface area contributed by atoms with Gasteiger partial charge in [-0.05, 0) is 26.8 Å². The molecule has 0 saturated carbocycles. The molecule has 3 heteroatoms. The minimum Gasteiger partial charge on any atom is -0.472 e. The Hall–Kier alpha value is -0.800. The molecule has 0 aliphatic heterocycles. The normalized spacial score (nSPS) is 14.5. The van der Waals surface area contributed by atoms with Gasteiger partial charge in [0.25, 0.3) is 0 Å². The Morgan fingerprint density at radius 1 is 1.62 bits per heavy atom. The molecule has 0 aromatic carbocycles. The number of nitrogens with one attached hydrogen (secondary N) is 1. The van der Waals surface area contributed by atoms with Crippen LogP contribution in [0.1, 0.15) is 26.3 Å². The summed E-state index contributed by atoms with van der Waals surface area (Å²) in [7, 11) is 0. The van der Waals surface area contributed by atoms with Gasteiger partial charge in [0, 0.05) is 18.2 Å². The second-order valence-corrected chi connectivity index (χ2v) is 3.89. The van der Waals surface area contributed by atoms with E-state index in [0.717, 1.165) is 12.1 Å². The van der Waals surface area contributed by atoms with Gasteiger partial charge in [-0.1, -0.05) is 0 Å². The molecule has 1 rings (SSSR count). The molecule has 0 bridgehead atoms. The molecule has 0 amide bonds. The molecule has 1 atom stereocenters. The van der Waals surface area contributed by atoms with Crippen molar-refractivity contribution in [2.45, 2.75) is 39.0 Å². The Morgan fingerprint density at radius 3 is 2.77 bits per heavy atom. The van der Waals surface area contributed by atoms with Crippen molar-refractivity contribution in [3.8, 4) is 0 Å². The third kappa shape index (κ3) is 3.20. The lowest BCUT2D eigenvalue weighted by molar-refractivity contribution is 0.0437. The van der Waals surface area contributed by atoms with E-state index in [1.807, 2.05) is 13.0 Å². The minimum absolute atomic E-state index is 0.0578. The van der Waals surface area contributed by atoms with E-state index in [9.17, 15) is 5.11 Å². The van der Waals surface area contributed by atoms with Crippen LogP contribution in [0.2, 0.25) is 0 Å². The number of furan rings is 1. The van der Waals surface area contributed by atoms with E-state index in [-0.39, 0.29) is 6.04 Å². The summed E-state index contributed by atoms with van der Waals surface area (Å²) in [5.41, 5.74) is 0.403. The van der Waals surface area contributed by atoms with Crippen LogP contribution in [0.3, 0.4) is 0 Å². The first kappa shape index (κ1) is 10.3. The van der Waals surface area contributed by atoms with Crippen molar-refractivity contribution >= 4 is 0 Å². The first-order valence-electron chi connectivity index (χ1n) is 4.47. The Kier molecular flexibility index (Phi) is 3.12. The van der Waals surface area contributed by atoms with Crippen LogP contribution in [0.4, 0.5) is 0 Å². The first-order chi connectivity index (χ1) is 6.00. The standard InChI is InChI=1S/C10H17NO2/c1-8(10(2,3)12)11-6-9-4-5-13-7-9/h4-5,7-8,11-12H,6H2,1-3H3. The second kappa shape index (κ2) is 3.94. The first-order valence-corrected chi connectivity index (χ1v) is 4.47. The third-order valence-electron chi connectivity index (χ3n) is 2.25. The lowest BCUT2D eigenvalue weighted by Crippen LogP contribution is -2.44. The fourth-order valence-electron chi connectivity index (χ4n) is 0.914. The average Bonchev–Trinajstić information content (AvgIpc) is 2.50. The van der Waals surface area contributed by atoms with Crippen LogP contribution in [0.5, 0.6) is 0 Å². The smallest absolute Gasteiger partial charge is 0.0947 e. The largest absolute Gasteiger partial charge is 0.472 e. The van der Waals surface area contributed by atoms with Crippen molar-refractivity contribution < 1.29 is 9.52 Å². The molecule has 2 N–H and O–H groups in total. The highest BCUT2D eigenvalue weighted by atomic mass is 16.3. The molecule has 0 saturated heterocycles. The summed E-state index contributed by atoms with van der Waals surface area (Å²) >= 11 is 0. The molecule has 0 spiro atoms. The van der Waals surface area contributed by atoms with Gasteiger partial charge in [-0.15, -0.1) is 0 Å². The van der Waals surface area contributed by atoms with E-state index in [1.54, 1.807) is 26.4 Å². The van der Waals surface area contributed by atoms with Crippen LogP contribution in [0, 0.1) is 0 Å². The molecule has 0 aliphatic carbocycles. The topological polar surface area (TPSA) is 45.4 Å². The van der Waals surface area contributed by atoms with Crippen LogP contribution in [0.15, 0.2) is 23.0 Å². The zero-order valence-corrected chi connectivity index (χ0v) is 8.37. The zero-order valence-electron chi connectivity index (χ0n) is 8.37. The molecular weight excluding hydrogens is 166 g/mol. The lowest BCUT2D eigenvalue weighted by atomic mass is 10.0. The number of rotatable bonds is 4. The Balaban J connectivity index is 2.35. The summed E-state index contributed by atoms with van der Waals surface area (Å²) < 4.78 is 4.93. The van der Waals surface area contributed by atoms with Gasteiger partial charge in [0.15, 0.2) is 0 Å². The SMILES string of the molecule is CC(NCc1ccoc1)C(C)(C)O. The molecule has 0 fully saturated rings. The summed E-state index contributed by atoms with van der Waals surface area (Å²) in [4.78, 5) is 0. The fraction of sp³-hybridized carbons (Fsp3) is 0.600. The number of aliphatic hydroxyl groups is 1. The van der Waals surface area contributed by atoms with E-state index >= 15 is 0 Å². The van der Waals surface area contributed by atoms with Gasteiger partial charge in [-0.25, -0.2) is 0 Å². The summed E-state index contributed by atoms with van der Waals surface area (Å²) in [6.07, 6.45) is 3.34. The molecule has 1 aromatic rings. The average molecular weight is 183 g/mol. The van der Waals surface area contributed by atoms with Gasteiger partial charge in [-0.3, -0.25) is 0 Å². The van der Waals surface area contributed by atoms with Gasteiger partial charge in [0.1, 0.15) is 0 Å². The third-order valence-corrected chi connectivity index (χ3v) is 2.25. The molecule has 1 unspecified atom stereocenters. The van der Waals surface area contributed by atoms with Gasteiger partial charge >= 0.3 is 0 Å². The highest BCUT2D eigenvalue weighted by molar-refractivity contribution is 5.05. The molecule has 74 valence electrons. The maximum atomic E-state index is 9.63. The fourth-order valence-corrected chi connectivity index (χ4v) is 0.914.